The van der Waals surface area contributed by atoms with Gasteiger partial charge in [0.1, 0.15) is 5.78 Å². The molecule has 0 fully saturated rings. The van der Waals surface area contributed by atoms with Crippen molar-refractivity contribution in [3.63, 3.8) is 0 Å². The van der Waals surface area contributed by atoms with Crippen molar-refractivity contribution in [3.05, 3.63) is 0 Å². The van der Waals surface area contributed by atoms with Crippen LogP contribution < -0.4 is 0 Å². The van der Waals surface area contributed by atoms with Crippen LogP contribution >= 0.6 is 0 Å². The molecule has 0 amide bonds. The van der Waals surface area contributed by atoms with E-state index in [4.69, 9.17) is 15.3 Å². The quantitative estimate of drug-likeness (QED) is 0.246. The van der Waals surface area contributed by atoms with Crippen LogP contribution in [0.5, 0.6) is 0 Å². The van der Waals surface area contributed by atoms with E-state index in [0.717, 1.165) is 12.8 Å². The zero-order chi connectivity index (χ0) is 18.1. The van der Waals surface area contributed by atoms with Crippen LogP contribution in [-0.4, -0.2) is 27.1 Å². The minimum absolute atomic E-state index is 0.155. The van der Waals surface area contributed by atoms with Gasteiger partial charge in [-0.15, -0.1) is 0 Å². The molecule has 0 aliphatic heterocycles. The largest absolute Gasteiger partial charge is 0.344 e. The van der Waals surface area contributed by atoms with E-state index in [1.807, 2.05) is 0 Å². The molecule has 0 aromatic heterocycles. The molecule has 0 aliphatic rings. The Balaban J connectivity index is 3.18. The Morgan fingerprint density at radius 3 is 1.42 bits per heavy atom. The molecule has 24 heavy (non-hydrogen) atoms. The van der Waals surface area contributed by atoms with Crippen molar-refractivity contribution < 1.29 is 20.1 Å². The third-order valence-corrected chi connectivity index (χ3v) is 4.53. The van der Waals surface area contributed by atoms with Gasteiger partial charge < -0.3 is 15.3 Å². The number of rotatable bonds is 18. The van der Waals surface area contributed by atoms with Gasteiger partial charge in [0.25, 0.3) is 5.97 Å². The molecule has 144 valence electrons. The Labute approximate surface area is 148 Å². The first-order valence-corrected chi connectivity index (χ1v) is 10.1. The summed E-state index contributed by atoms with van der Waals surface area (Å²) in [6.45, 7) is 2.25. The first kappa shape index (κ1) is 23.5. The highest BCUT2D eigenvalue weighted by molar-refractivity contribution is 5.78. The Bertz CT molecular complexity index is 284. The van der Waals surface area contributed by atoms with Crippen molar-refractivity contribution in [2.75, 3.05) is 0 Å². The standard InChI is InChI=1S/C20H40O4/c1-2-3-4-5-6-7-8-9-10-11-12-13-14-16-19(21)17-15-18-20(22,23)24/h22-24H,2-18H2,1H3. The van der Waals surface area contributed by atoms with Crippen molar-refractivity contribution in [1.29, 1.82) is 0 Å². The lowest BCUT2D eigenvalue weighted by Crippen LogP contribution is -2.26. The number of ketones is 1. The van der Waals surface area contributed by atoms with Gasteiger partial charge in [0.2, 0.25) is 0 Å². The molecule has 0 atom stereocenters. The van der Waals surface area contributed by atoms with Crippen LogP contribution in [0, 0.1) is 0 Å². The maximum Gasteiger partial charge on any atom is 0.275 e. The van der Waals surface area contributed by atoms with Gasteiger partial charge in [-0.05, 0) is 12.8 Å². The molecule has 0 saturated carbocycles. The lowest BCUT2D eigenvalue weighted by atomic mass is 10.0. The number of carbonyl (C=O) groups excluding carboxylic acids is 1. The molecule has 4 heteroatoms. The van der Waals surface area contributed by atoms with E-state index >= 15 is 0 Å². The normalized spacial score (nSPS) is 11.8. The number of unbranched alkanes of at least 4 members (excludes halogenated alkanes) is 12. The van der Waals surface area contributed by atoms with Gasteiger partial charge in [-0.3, -0.25) is 4.79 Å². The van der Waals surface area contributed by atoms with Crippen molar-refractivity contribution in [3.8, 4) is 0 Å². The molecule has 0 rings (SSSR count). The van der Waals surface area contributed by atoms with Gasteiger partial charge in [-0.1, -0.05) is 84.0 Å². The summed E-state index contributed by atoms with van der Waals surface area (Å²) in [6.07, 6.45) is 17.9. The smallest absolute Gasteiger partial charge is 0.275 e. The van der Waals surface area contributed by atoms with E-state index in [9.17, 15) is 4.79 Å². The summed E-state index contributed by atoms with van der Waals surface area (Å²) < 4.78 is 0. The number of Topliss-reactive ketones (excluding diaryl/α,β-unsaturated/α-hetero) is 1. The second-order valence-corrected chi connectivity index (χ2v) is 7.16. The van der Waals surface area contributed by atoms with Gasteiger partial charge >= 0.3 is 0 Å². The van der Waals surface area contributed by atoms with E-state index in [1.54, 1.807) is 0 Å². The maximum atomic E-state index is 11.6. The molecule has 0 spiro atoms. The van der Waals surface area contributed by atoms with Crippen LogP contribution in [0.1, 0.15) is 116 Å². The third-order valence-electron chi connectivity index (χ3n) is 4.53. The van der Waals surface area contributed by atoms with E-state index in [2.05, 4.69) is 6.92 Å². The summed E-state index contributed by atoms with van der Waals surface area (Å²) in [5.74, 6) is -2.47. The molecular formula is C20H40O4. The first-order valence-electron chi connectivity index (χ1n) is 10.1. The Morgan fingerprint density at radius 1 is 0.625 bits per heavy atom. The van der Waals surface area contributed by atoms with E-state index in [1.165, 1.54) is 70.6 Å². The molecule has 0 aromatic carbocycles. The van der Waals surface area contributed by atoms with Crippen LogP contribution in [0.3, 0.4) is 0 Å². The maximum absolute atomic E-state index is 11.6. The van der Waals surface area contributed by atoms with Crippen LogP contribution in [0.25, 0.3) is 0 Å². The number of hydrogen-bond donors (Lipinski definition) is 3. The van der Waals surface area contributed by atoms with Gasteiger partial charge in [0.15, 0.2) is 0 Å². The molecule has 0 aliphatic carbocycles. The summed E-state index contributed by atoms with van der Waals surface area (Å²) in [5.41, 5.74) is 0. The minimum atomic E-state index is -2.63. The molecule has 0 aromatic rings. The summed E-state index contributed by atoms with van der Waals surface area (Å²) in [6, 6.07) is 0. The lowest BCUT2D eigenvalue weighted by molar-refractivity contribution is -0.314. The number of hydrogen-bond acceptors (Lipinski definition) is 4. The van der Waals surface area contributed by atoms with Gasteiger partial charge in [-0.25, -0.2) is 0 Å². The molecule has 4 nitrogen and oxygen atoms in total. The van der Waals surface area contributed by atoms with E-state index < -0.39 is 5.97 Å². The average molecular weight is 345 g/mol. The predicted octanol–water partition coefficient (Wildman–Crippen LogP) is 4.84. The average Bonchev–Trinajstić information content (AvgIpc) is 2.50. The van der Waals surface area contributed by atoms with Gasteiger partial charge in [0.05, 0.1) is 0 Å². The van der Waals surface area contributed by atoms with Crippen molar-refractivity contribution in [2.45, 2.75) is 122 Å². The molecule has 0 saturated heterocycles. The van der Waals surface area contributed by atoms with Crippen LogP contribution in [-0.2, 0) is 4.79 Å². The first-order chi connectivity index (χ1) is 11.5. The van der Waals surface area contributed by atoms with Crippen molar-refractivity contribution in [2.24, 2.45) is 0 Å². The summed E-state index contributed by atoms with van der Waals surface area (Å²) in [4.78, 5) is 11.6. The minimum Gasteiger partial charge on any atom is -0.344 e. The SMILES string of the molecule is CCCCCCCCCCCCCCCC(=O)CCCC(O)(O)O. The summed E-state index contributed by atoms with van der Waals surface area (Å²) >= 11 is 0. The van der Waals surface area contributed by atoms with Gasteiger partial charge in [-0.2, -0.15) is 0 Å². The molecule has 0 unspecified atom stereocenters. The number of carbonyl (C=O) groups is 1. The molecule has 0 bridgehead atoms. The highest BCUT2D eigenvalue weighted by Gasteiger charge is 2.17. The zero-order valence-corrected chi connectivity index (χ0v) is 15.8. The molecule has 3 N–H and O–H groups in total. The Hall–Kier alpha value is -0.450. The fourth-order valence-corrected chi connectivity index (χ4v) is 2.99. The molecule has 0 radical (unpaired) electrons. The third kappa shape index (κ3) is 19.6. The van der Waals surface area contributed by atoms with E-state index in [0.29, 0.717) is 19.3 Å². The second-order valence-electron chi connectivity index (χ2n) is 7.16. The zero-order valence-electron chi connectivity index (χ0n) is 15.8. The molecule has 0 heterocycles. The monoisotopic (exact) mass is 344 g/mol. The predicted molar refractivity (Wildman–Crippen MR) is 98.6 cm³/mol. The molecular weight excluding hydrogens is 304 g/mol. The van der Waals surface area contributed by atoms with Gasteiger partial charge in [0, 0.05) is 19.3 Å². The Kier molecular flexibility index (Phi) is 15.7. The van der Waals surface area contributed by atoms with Crippen molar-refractivity contribution >= 4 is 5.78 Å². The summed E-state index contributed by atoms with van der Waals surface area (Å²) in [7, 11) is 0. The highest BCUT2D eigenvalue weighted by atomic mass is 16.7. The van der Waals surface area contributed by atoms with Crippen LogP contribution in [0.4, 0.5) is 0 Å². The fraction of sp³-hybridized carbons (Fsp3) is 0.950. The second kappa shape index (κ2) is 16.0. The van der Waals surface area contributed by atoms with E-state index in [-0.39, 0.29) is 12.2 Å². The van der Waals surface area contributed by atoms with Crippen LogP contribution in [0.2, 0.25) is 0 Å². The van der Waals surface area contributed by atoms with Crippen LogP contribution in [0.15, 0.2) is 0 Å². The highest BCUT2D eigenvalue weighted by Crippen LogP contribution is 2.14. The Morgan fingerprint density at radius 2 is 1.00 bits per heavy atom. The fourth-order valence-electron chi connectivity index (χ4n) is 2.99. The number of aliphatic hydroxyl groups is 3. The lowest BCUT2D eigenvalue weighted by Gasteiger charge is -2.12. The topological polar surface area (TPSA) is 77.8 Å². The summed E-state index contributed by atoms with van der Waals surface area (Å²) in [5, 5.41) is 26.2. The van der Waals surface area contributed by atoms with Crippen molar-refractivity contribution in [1.82, 2.24) is 0 Å².